The number of rotatable bonds is 0. The average molecular weight is 122 g/mol. The molecular weight excluding hydrogens is 112 g/mol. The fourth-order valence-electron chi connectivity index (χ4n) is 0.605. The Morgan fingerprint density at radius 3 is 2.00 bits per heavy atom. The maximum atomic E-state index is 4.12. The van der Waals surface area contributed by atoms with Crippen molar-refractivity contribution in [1.82, 2.24) is 0 Å². The first kappa shape index (κ1) is 6.20. The highest BCUT2D eigenvalue weighted by molar-refractivity contribution is 6.02. The van der Waals surface area contributed by atoms with E-state index in [-0.39, 0.29) is 0 Å². The van der Waals surface area contributed by atoms with Gasteiger partial charge in [-0.05, 0) is 26.0 Å². The standard InChI is InChI=1S/C7H10N2/c1-6-3-4-7(2)9-5-8-6/h3-4H,5H2,1-2H3. The van der Waals surface area contributed by atoms with E-state index in [9.17, 15) is 0 Å². The molecular formula is C7H10N2. The fourth-order valence-corrected chi connectivity index (χ4v) is 0.605. The Kier molecular flexibility index (Phi) is 1.78. The normalized spacial score (nSPS) is 18.4. The summed E-state index contributed by atoms with van der Waals surface area (Å²) in [5.41, 5.74) is 2.10. The molecule has 0 radical (unpaired) electrons. The van der Waals surface area contributed by atoms with Gasteiger partial charge in [0.15, 0.2) is 0 Å². The van der Waals surface area contributed by atoms with Crippen LogP contribution < -0.4 is 0 Å². The molecule has 0 aromatic heterocycles. The first-order valence-electron chi connectivity index (χ1n) is 2.99. The second-order valence-electron chi connectivity index (χ2n) is 2.07. The lowest BCUT2D eigenvalue weighted by molar-refractivity contribution is 1.07. The number of nitrogens with zero attached hydrogens (tertiary/aromatic N) is 2. The van der Waals surface area contributed by atoms with E-state index in [0.717, 1.165) is 11.4 Å². The number of allylic oxidation sites excluding steroid dienone is 2. The molecule has 1 aliphatic heterocycles. The fraction of sp³-hybridized carbons (Fsp3) is 0.429. The molecule has 0 spiro atoms. The summed E-state index contributed by atoms with van der Waals surface area (Å²) in [5.74, 6) is 0. The molecule has 0 N–H and O–H groups in total. The van der Waals surface area contributed by atoms with Gasteiger partial charge in [0, 0.05) is 11.4 Å². The Hall–Kier alpha value is -0.920. The van der Waals surface area contributed by atoms with Crippen molar-refractivity contribution in [3.05, 3.63) is 12.2 Å². The summed E-state index contributed by atoms with van der Waals surface area (Å²) in [6.45, 7) is 4.54. The number of hydrogen-bond donors (Lipinski definition) is 0. The molecule has 1 heterocycles. The molecule has 0 saturated carbocycles. The number of aliphatic imine (C=N–C) groups is 2. The van der Waals surface area contributed by atoms with Crippen LogP contribution in [0.15, 0.2) is 22.1 Å². The van der Waals surface area contributed by atoms with Crippen LogP contribution in [0.5, 0.6) is 0 Å². The zero-order valence-corrected chi connectivity index (χ0v) is 5.76. The maximum Gasteiger partial charge on any atom is 0.129 e. The van der Waals surface area contributed by atoms with E-state index in [0.29, 0.717) is 6.67 Å². The van der Waals surface area contributed by atoms with Gasteiger partial charge >= 0.3 is 0 Å². The quantitative estimate of drug-likeness (QED) is 0.464. The van der Waals surface area contributed by atoms with Gasteiger partial charge in [-0.15, -0.1) is 0 Å². The molecule has 0 atom stereocenters. The van der Waals surface area contributed by atoms with Crippen LogP contribution in [0.4, 0.5) is 0 Å². The third kappa shape index (κ3) is 1.80. The minimum absolute atomic E-state index is 0.588. The number of hydrogen-bond acceptors (Lipinski definition) is 2. The summed E-state index contributed by atoms with van der Waals surface area (Å²) in [5, 5.41) is 0. The Balaban J connectivity index is 2.75. The largest absolute Gasteiger partial charge is 0.267 e. The third-order valence-electron chi connectivity index (χ3n) is 1.21. The average Bonchev–Trinajstić information content (AvgIpc) is 1.97. The SMILES string of the molecule is CC1=NCN=C(C)C=C1. The minimum Gasteiger partial charge on any atom is -0.267 e. The summed E-state index contributed by atoms with van der Waals surface area (Å²) in [7, 11) is 0. The Morgan fingerprint density at radius 2 is 1.56 bits per heavy atom. The summed E-state index contributed by atoms with van der Waals surface area (Å²) >= 11 is 0. The molecule has 48 valence electrons. The van der Waals surface area contributed by atoms with Crippen LogP contribution in [-0.4, -0.2) is 18.1 Å². The van der Waals surface area contributed by atoms with Gasteiger partial charge in [-0.3, -0.25) is 9.98 Å². The highest BCUT2D eigenvalue weighted by atomic mass is 14.9. The summed E-state index contributed by atoms with van der Waals surface area (Å²) in [4.78, 5) is 8.23. The van der Waals surface area contributed by atoms with Crippen LogP contribution in [0.2, 0.25) is 0 Å². The van der Waals surface area contributed by atoms with Crippen molar-refractivity contribution >= 4 is 11.4 Å². The molecule has 0 aromatic carbocycles. The van der Waals surface area contributed by atoms with Gasteiger partial charge in [-0.1, -0.05) is 0 Å². The van der Waals surface area contributed by atoms with Crippen molar-refractivity contribution in [1.29, 1.82) is 0 Å². The van der Waals surface area contributed by atoms with Crippen LogP contribution >= 0.6 is 0 Å². The van der Waals surface area contributed by atoms with Gasteiger partial charge in [-0.25, -0.2) is 0 Å². The van der Waals surface area contributed by atoms with E-state index in [4.69, 9.17) is 0 Å². The van der Waals surface area contributed by atoms with Crippen molar-refractivity contribution in [2.75, 3.05) is 6.67 Å². The highest BCUT2D eigenvalue weighted by Crippen LogP contribution is 1.91. The smallest absolute Gasteiger partial charge is 0.129 e. The van der Waals surface area contributed by atoms with Gasteiger partial charge in [0.1, 0.15) is 6.67 Å². The topological polar surface area (TPSA) is 24.7 Å². The van der Waals surface area contributed by atoms with E-state index in [2.05, 4.69) is 9.98 Å². The lowest BCUT2D eigenvalue weighted by atomic mass is 10.3. The molecule has 0 bridgehead atoms. The van der Waals surface area contributed by atoms with E-state index in [1.54, 1.807) is 0 Å². The lowest BCUT2D eigenvalue weighted by Gasteiger charge is -1.83. The van der Waals surface area contributed by atoms with Gasteiger partial charge in [0.25, 0.3) is 0 Å². The van der Waals surface area contributed by atoms with Crippen molar-refractivity contribution in [3.63, 3.8) is 0 Å². The second-order valence-corrected chi connectivity index (χ2v) is 2.07. The zero-order valence-electron chi connectivity index (χ0n) is 5.76. The molecule has 0 aliphatic carbocycles. The van der Waals surface area contributed by atoms with Crippen molar-refractivity contribution in [2.24, 2.45) is 9.98 Å². The highest BCUT2D eigenvalue weighted by Gasteiger charge is 1.89. The lowest BCUT2D eigenvalue weighted by Crippen LogP contribution is -1.82. The molecule has 0 fully saturated rings. The van der Waals surface area contributed by atoms with E-state index < -0.39 is 0 Å². The second kappa shape index (κ2) is 2.58. The summed E-state index contributed by atoms with van der Waals surface area (Å²) in [6.07, 6.45) is 3.96. The summed E-state index contributed by atoms with van der Waals surface area (Å²) in [6, 6.07) is 0. The minimum atomic E-state index is 0.588. The van der Waals surface area contributed by atoms with E-state index >= 15 is 0 Å². The molecule has 0 aromatic rings. The Bertz CT molecular complexity index is 167. The van der Waals surface area contributed by atoms with Gasteiger partial charge < -0.3 is 0 Å². The molecule has 0 amide bonds. The molecule has 2 nitrogen and oxygen atoms in total. The van der Waals surface area contributed by atoms with Gasteiger partial charge in [-0.2, -0.15) is 0 Å². The first-order valence-corrected chi connectivity index (χ1v) is 2.99. The zero-order chi connectivity index (χ0) is 6.69. The van der Waals surface area contributed by atoms with Crippen LogP contribution in [0.3, 0.4) is 0 Å². The first-order chi connectivity index (χ1) is 4.29. The van der Waals surface area contributed by atoms with Crippen LogP contribution in [0.25, 0.3) is 0 Å². The maximum absolute atomic E-state index is 4.12. The Labute approximate surface area is 55.0 Å². The molecule has 9 heavy (non-hydrogen) atoms. The van der Waals surface area contributed by atoms with Crippen molar-refractivity contribution < 1.29 is 0 Å². The molecule has 0 unspecified atom stereocenters. The molecule has 2 heteroatoms. The predicted molar refractivity (Wildman–Crippen MR) is 40.2 cm³/mol. The predicted octanol–water partition coefficient (Wildman–Crippen LogP) is 1.44. The van der Waals surface area contributed by atoms with Crippen molar-refractivity contribution in [2.45, 2.75) is 13.8 Å². The van der Waals surface area contributed by atoms with Gasteiger partial charge in [0.2, 0.25) is 0 Å². The van der Waals surface area contributed by atoms with Crippen LogP contribution in [0, 0.1) is 0 Å². The van der Waals surface area contributed by atoms with Crippen LogP contribution in [-0.2, 0) is 0 Å². The summed E-state index contributed by atoms with van der Waals surface area (Å²) < 4.78 is 0. The van der Waals surface area contributed by atoms with Gasteiger partial charge in [0.05, 0.1) is 0 Å². The molecule has 0 saturated heterocycles. The molecule has 1 aliphatic rings. The van der Waals surface area contributed by atoms with E-state index in [1.807, 2.05) is 26.0 Å². The monoisotopic (exact) mass is 122 g/mol. The third-order valence-corrected chi connectivity index (χ3v) is 1.21. The van der Waals surface area contributed by atoms with Crippen molar-refractivity contribution in [3.8, 4) is 0 Å². The Morgan fingerprint density at radius 1 is 1.11 bits per heavy atom. The van der Waals surface area contributed by atoms with E-state index in [1.165, 1.54) is 0 Å². The van der Waals surface area contributed by atoms with Crippen LogP contribution in [0.1, 0.15) is 13.8 Å². The molecule has 1 rings (SSSR count).